The van der Waals surface area contributed by atoms with Crippen molar-refractivity contribution in [2.24, 2.45) is 0 Å². The Balaban J connectivity index is 1.07. The van der Waals surface area contributed by atoms with Gasteiger partial charge in [-0.1, -0.05) is 176 Å². The molecule has 0 saturated heterocycles. The summed E-state index contributed by atoms with van der Waals surface area (Å²) in [4.78, 5) is 0. The van der Waals surface area contributed by atoms with Gasteiger partial charge in [0.25, 0.3) is 0 Å². The maximum absolute atomic E-state index is 6.33. The van der Waals surface area contributed by atoms with Crippen LogP contribution in [-0.4, -0.2) is 0 Å². The molecule has 65 heavy (non-hydrogen) atoms. The molecular formula is C63H36O2. The first kappa shape index (κ1) is 35.1. The van der Waals surface area contributed by atoms with Gasteiger partial charge < -0.3 is 8.83 Å². The van der Waals surface area contributed by atoms with Crippen LogP contribution in [0.5, 0.6) is 0 Å². The Morgan fingerprint density at radius 3 is 1.20 bits per heavy atom. The van der Waals surface area contributed by atoms with E-state index >= 15 is 0 Å². The quantitative estimate of drug-likeness (QED) is 0.166. The third kappa shape index (κ3) is 4.58. The molecular weight excluding hydrogens is 789 g/mol. The topological polar surface area (TPSA) is 26.3 Å². The highest BCUT2D eigenvalue weighted by Gasteiger charge is 2.52. The van der Waals surface area contributed by atoms with Gasteiger partial charge in [-0.05, 0) is 142 Å². The Morgan fingerprint density at radius 1 is 0.231 bits per heavy atom. The normalized spacial score (nSPS) is 13.4. The van der Waals surface area contributed by atoms with Crippen molar-refractivity contribution in [3.63, 3.8) is 0 Å². The van der Waals surface area contributed by atoms with E-state index < -0.39 is 5.41 Å². The smallest absolute Gasteiger partial charge is 0.135 e. The molecule has 2 heteroatoms. The van der Waals surface area contributed by atoms with E-state index in [1.54, 1.807) is 0 Å². The zero-order valence-corrected chi connectivity index (χ0v) is 35.1. The number of hydrogen-bond donors (Lipinski definition) is 0. The largest absolute Gasteiger partial charge is 0.456 e. The monoisotopic (exact) mass is 824 g/mol. The Kier molecular flexibility index (Phi) is 6.91. The fourth-order valence-corrected chi connectivity index (χ4v) is 12.1. The Labute approximate surface area is 374 Å². The Bertz CT molecular complexity index is 3980. The van der Waals surface area contributed by atoms with Crippen LogP contribution < -0.4 is 0 Å². The van der Waals surface area contributed by atoms with Crippen molar-refractivity contribution >= 4 is 65.4 Å². The standard InChI is InChI=1S/C63H36O2/c1-6-24-53-41(14-1)42-15-2-7-25-54(42)63(53)55-26-8-3-18-47(55)62-48(23-13-27-56(62)63)61-45-21-11-19-39(37-30-32-59-51(34-37)43-16-4-9-28-57(43)64-59)49(45)36-50-40(20-12-22-46(50)61)38-31-33-60-52(35-38)44-17-5-10-29-58(44)65-60/h1-36H. The number of benzene rings is 11. The molecule has 0 radical (unpaired) electrons. The van der Waals surface area contributed by atoms with Crippen LogP contribution in [0.4, 0.5) is 0 Å². The van der Waals surface area contributed by atoms with Gasteiger partial charge in [-0.25, -0.2) is 0 Å². The maximum atomic E-state index is 6.33. The van der Waals surface area contributed by atoms with E-state index in [2.05, 4.69) is 206 Å². The Morgan fingerprint density at radius 2 is 0.631 bits per heavy atom. The van der Waals surface area contributed by atoms with E-state index in [0.29, 0.717) is 0 Å². The predicted octanol–water partition coefficient (Wildman–Crippen LogP) is 17.1. The SMILES string of the molecule is c1ccc2c(c1)-c1ccccc1C21c2ccccc2-c2c(-c3c4cccc(-c5ccc6oc7ccccc7c6c5)c4cc4c(-c5ccc6oc7ccccc7c6c5)cccc34)cccc21. The second-order valence-electron chi connectivity index (χ2n) is 17.8. The van der Waals surface area contributed by atoms with E-state index in [0.717, 1.165) is 55.0 Å². The van der Waals surface area contributed by atoms with Crippen molar-refractivity contribution in [1.82, 2.24) is 0 Å². The third-order valence-electron chi connectivity index (χ3n) is 14.7. The zero-order chi connectivity index (χ0) is 42.4. The van der Waals surface area contributed by atoms with Gasteiger partial charge in [-0.15, -0.1) is 0 Å². The average molecular weight is 825 g/mol. The van der Waals surface area contributed by atoms with Gasteiger partial charge >= 0.3 is 0 Å². The fraction of sp³-hybridized carbons (Fsp3) is 0.0159. The number of furan rings is 2. The molecule has 0 bridgehead atoms. The van der Waals surface area contributed by atoms with Crippen LogP contribution in [-0.2, 0) is 5.41 Å². The van der Waals surface area contributed by atoms with Gasteiger partial charge in [0.2, 0.25) is 0 Å². The highest BCUT2D eigenvalue weighted by Crippen LogP contribution is 2.64. The van der Waals surface area contributed by atoms with Crippen molar-refractivity contribution in [2.75, 3.05) is 0 Å². The summed E-state index contributed by atoms with van der Waals surface area (Å²) in [7, 11) is 0. The summed E-state index contributed by atoms with van der Waals surface area (Å²) in [5.74, 6) is 0. The van der Waals surface area contributed by atoms with E-state index in [4.69, 9.17) is 8.83 Å². The van der Waals surface area contributed by atoms with Gasteiger partial charge in [0, 0.05) is 21.5 Å². The molecule has 0 N–H and O–H groups in total. The predicted molar refractivity (Wildman–Crippen MR) is 269 cm³/mol. The van der Waals surface area contributed by atoms with Crippen molar-refractivity contribution in [3.8, 4) is 55.6 Å². The number of hydrogen-bond acceptors (Lipinski definition) is 2. The molecule has 2 aromatic heterocycles. The summed E-state index contributed by atoms with van der Waals surface area (Å²) >= 11 is 0. The van der Waals surface area contributed by atoms with Crippen LogP contribution in [0.1, 0.15) is 22.3 Å². The molecule has 0 unspecified atom stereocenters. The molecule has 0 fully saturated rings. The number of rotatable bonds is 3. The van der Waals surface area contributed by atoms with E-state index in [1.807, 2.05) is 12.1 Å². The molecule has 0 aliphatic heterocycles. The lowest BCUT2D eigenvalue weighted by molar-refractivity contribution is 0.668. The molecule has 2 aliphatic rings. The second-order valence-corrected chi connectivity index (χ2v) is 17.8. The van der Waals surface area contributed by atoms with Crippen LogP contribution in [0.15, 0.2) is 227 Å². The van der Waals surface area contributed by atoms with Crippen molar-refractivity contribution < 1.29 is 8.83 Å². The summed E-state index contributed by atoms with van der Waals surface area (Å²) in [6.45, 7) is 0. The summed E-state index contributed by atoms with van der Waals surface area (Å²) in [5, 5.41) is 9.36. The highest BCUT2D eigenvalue weighted by molar-refractivity contribution is 6.22. The van der Waals surface area contributed by atoms with Gasteiger partial charge in [0.1, 0.15) is 22.3 Å². The molecule has 0 atom stereocenters. The first-order valence-corrected chi connectivity index (χ1v) is 22.5. The van der Waals surface area contributed by atoms with Crippen LogP contribution in [0.3, 0.4) is 0 Å². The first-order chi connectivity index (χ1) is 32.2. The van der Waals surface area contributed by atoms with Crippen molar-refractivity contribution in [2.45, 2.75) is 5.41 Å². The summed E-state index contributed by atoms with van der Waals surface area (Å²) in [6, 6.07) is 80.7. The molecule has 2 nitrogen and oxygen atoms in total. The highest BCUT2D eigenvalue weighted by atomic mass is 16.3. The minimum absolute atomic E-state index is 0.447. The van der Waals surface area contributed by atoms with Gasteiger partial charge in [-0.2, -0.15) is 0 Å². The number of para-hydroxylation sites is 2. The zero-order valence-electron chi connectivity index (χ0n) is 35.1. The molecule has 1 spiro atoms. The van der Waals surface area contributed by atoms with Gasteiger partial charge in [0.15, 0.2) is 0 Å². The third-order valence-corrected chi connectivity index (χ3v) is 14.7. The Hall–Kier alpha value is -8.46. The molecule has 2 heterocycles. The minimum atomic E-state index is -0.447. The summed E-state index contributed by atoms with van der Waals surface area (Å²) < 4.78 is 12.7. The molecule has 2 aliphatic carbocycles. The lowest BCUT2D eigenvalue weighted by Crippen LogP contribution is -2.25. The van der Waals surface area contributed by atoms with Crippen LogP contribution >= 0.6 is 0 Å². The summed E-state index contributed by atoms with van der Waals surface area (Å²) in [6.07, 6.45) is 0. The van der Waals surface area contributed by atoms with Crippen LogP contribution in [0.2, 0.25) is 0 Å². The molecule has 0 amide bonds. The number of fused-ring (bicyclic) bond motifs is 18. The average Bonchev–Trinajstić information content (AvgIpc) is 4.10. The molecule has 13 aromatic rings. The van der Waals surface area contributed by atoms with Crippen molar-refractivity contribution in [1.29, 1.82) is 0 Å². The van der Waals surface area contributed by atoms with E-state index in [-0.39, 0.29) is 0 Å². The van der Waals surface area contributed by atoms with E-state index in [9.17, 15) is 0 Å². The first-order valence-electron chi connectivity index (χ1n) is 22.5. The molecule has 0 saturated carbocycles. The molecule has 300 valence electrons. The maximum Gasteiger partial charge on any atom is 0.135 e. The molecule has 15 rings (SSSR count). The summed E-state index contributed by atoms with van der Waals surface area (Å²) in [5.41, 5.74) is 20.9. The van der Waals surface area contributed by atoms with E-state index in [1.165, 1.54) is 88.3 Å². The molecule has 11 aromatic carbocycles. The van der Waals surface area contributed by atoms with Crippen molar-refractivity contribution in [3.05, 3.63) is 241 Å². The van der Waals surface area contributed by atoms with Crippen LogP contribution in [0.25, 0.3) is 121 Å². The lowest BCUT2D eigenvalue weighted by Gasteiger charge is -2.30. The van der Waals surface area contributed by atoms with Gasteiger partial charge in [-0.3, -0.25) is 0 Å². The lowest BCUT2D eigenvalue weighted by atomic mass is 9.70. The minimum Gasteiger partial charge on any atom is -0.456 e. The van der Waals surface area contributed by atoms with Crippen LogP contribution in [0, 0.1) is 0 Å². The fourth-order valence-electron chi connectivity index (χ4n) is 12.1. The van der Waals surface area contributed by atoms with Gasteiger partial charge in [0.05, 0.1) is 5.41 Å². The second kappa shape index (κ2) is 12.8.